The summed E-state index contributed by atoms with van der Waals surface area (Å²) in [6, 6.07) is 17.3. The Hall–Kier alpha value is -2.66. The third-order valence-electron chi connectivity index (χ3n) is 5.82. The normalized spacial score (nSPS) is 24.4. The van der Waals surface area contributed by atoms with Crippen LogP contribution in [0, 0.1) is 0 Å². The summed E-state index contributed by atoms with van der Waals surface area (Å²) in [4.78, 5) is 26.3. The SMILES string of the molecule is O=C(O)c1ccccc1C1CCN(C(=O)[C@@H]2CC[C@H](Cc3ccccc3)O2)C1. The lowest BCUT2D eigenvalue weighted by molar-refractivity contribution is -0.141. The van der Waals surface area contributed by atoms with Gasteiger partial charge in [0.25, 0.3) is 5.91 Å². The molecule has 5 nitrogen and oxygen atoms in total. The molecule has 28 heavy (non-hydrogen) atoms. The number of hydrogen-bond acceptors (Lipinski definition) is 3. The summed E-state index contributed by atoms with van der Waals surface area (Å²) in [5, 5.41) is 9.42. The molecule has 2 aliphatic rings. The maximum Gasteiger partial charge on any atom is 0.335 e. The molecule has 4 rings (SSSR count). The highest BCUT2D eigenvalue weighted by Gasteiger charge is 2.37. The van der Waals surface area contributed by atoms with E-state index in [0.717, 1.165) is 31.2 Å². The van der Waals surface area contributed by atoms with Gasteiger partial charge in [-0.1, -0.05) is 48.5 Å². The van der Waals surface area contributed by atoms with Gasteiger partial charge in [-0.25, -0.2) is 4.79 Å². The highest BCUT2D eigenvalue weighted by molar-refractivity contribution is 5.89. The summed E-state index contributed by atoms with van der Waals surface area (Å²) in [7, 11) is 0. The number of carbonyl (C=O) groups excluding carboxylic acids is 1. The van der Waals surface area contributed by atoms with Crippen molar-refractivity contribution in [2.24, 2.45) is 0 Å². The molecule has 2 aromatic rings. The lowest BCUT2D eigenvalue weighted by atomic mass is 9.93. The number of hydrogen-bond donors (Lipinski definition) is 1. The lowest BCUT2D eigenvalue weighted by Crippen LogP contribution is -2.37. The molecular formula is C23H25NO4. The standard InChI is InChI=1S/C23H25NO4/c25-22(21-11-10-18(28-21)14-16-6-2-1-3-7-16)24-13-12-17(15-24)19-8-4-5-9-20(19)23(26)27/h1-9,17-18,21H,10-15H2,(H,26,27)/t17?,18-,21+/m1/s1. The third-order valence-corrected chi connectivity index (χ3v) is 5.82. The zero-order chi connectivity index (χ0) is 19.5. The first-order valence-electron chi connectivity index (χ1n) is 9.92. The van der Waals surface area contributed by atoms with E-state index in [-0.39, 0.29) is 24.0 Å². The van der Waals surface area contributed by atoms with E-state index in [2.05, 4.69) is 12.1 Å². The molecule has 0 aliphatic carbocycles. The van der Waals surface area contributed by atoms with E-state index in [1.807, 2.05) is 35.2 Å². The average Bonchev–Trinajstić information content (AvgIpc) is 3.38. The predicted molar refractivity (Wildman–Crippen MR) is 105 cm³/mol. The molecule has 3 atom stereocenters. The van der Waals surface area contributed by atoms with Crippen LogP contribution in [-0.2, 0) is 16.0 Å². The van der Waals surface area contributed by atoms with Gasteiger partial charge in [0.05, 0.1) is 11.7 Å². The van der Waals surface area contributed by atoms with Gasteiger partial charge in [0.1, 0.15) is 6.10 Å². The molecule has 0 saturated carbocycles. The summed E-state index contributed by atoms with van der Waals surface area (Å²) in [6.45, 7) is 1.22. The molecule has 1 amide bonds. The molecule has 2 aliphatic heterocycles. The van der Waals surface area contributed by atoms with E-state index in [1.54, 1.807) is 12.1 Å². The van der Waals surface area contributed by atoms with Crippen LogP contribution in [0.3, 0.4) is 0 Å². The van der Waals surface area contributed by atoms with Crippen molar-refractivity contribution in [3.8, 4) is 0 Å². The molecule has 0 radical (unpaired) electrons. The van der Waals surface area contributed by atoms with Crippen molar-refractivity contribution in [3.63, 3.8) is 0 Å². The number of ether oxygens (including phenoxy) is 1. The van der Waals surface area contributed by atoms with Crippen LogP contribution in [0.25, 0.3) is 0 Å². The van der Waals surface area contributed by atoms with Crippen LogP contribution in [0.1, 0.15) is 46.7 Å². The van der Waals surface area contributed by atoms with Gasteiger partial charge in [-0.15, -0.1) is 0 Å². The molecule has 1 N–H and O–H groups in total. The summed E-state index contributed by atoms with van der Waals surface area (Å²) in [6.07, 6.45) is 2.98. The first-order chi connectivity index (χ1) is 13.6. The van der Waals surface area contributed by atoms with Crippen LogP contribution in [0.2, 0.25) is 0 Å². The highest BCUT2D eigenvalue weighted by Crippen LogP contribution is 2.32. The highest BCUT2D eigenvalue weighted by atomic mass is 16.5. The van der Waals surface area contributed by atoms with Gasteiger partial charge in [0.2, 0.25) is 0 Å². The molecule has 2 heterocycles. The van der Waals surface area contributed by atoms with Gasteiger partial charge in [-0.3, -0.25) is 4.79 Å². The number of carboxylic acid groups (broad SMARTS) is 1. The average molecular weight is 379 g/mol. The number of benzene rings is 2. The Balaban J connectivity index is 1.36. The molecule has 2 saturated heterocycles. The van der Waals surface area contributed by atoms with Crippen molar-refractivity contribution in [1.82, 2.24) is 4.90 Å². The molecular weight excluding hydrogens is 354 g/mol. The smallest absolute Gasteiger partial charge is 0.335 e. The Labute approximate surface area is 164 Å². The largest absolute Gasteiger partial charge is 0.478 e. The Morgan fingerprint density at radius 2 is 1.75 bits per heavy atom. The minimum absolute atomic E-state index is 0.0471. The van der Waals surface area contributed by atoms with Crippen LogP contribution in [0.5, 0.6) is 0 Å². The monoisotopic (exact) mass is 379 g/mol. The fourth-order valence-electron chi connectivity index (χ4n) is 4.38. The summed E-state index contributed by atoms with van der Waals surface area (Å²) < 4.78 is 6.06. The minimum atomic E-state index is -0.914. The van der Waals surface area contributed by atoms with Crippen molar-refractivity contribution < 1.29 is 19.4 Å². The van der Waals surface area contributed by atoms with E-state index < -0.39 is 5.97 Å². The summed E-state index contributed by atoms with van der Waals surface area (Å²) in [5.41, 5.74) is 2.38. The quantitative estimate of drug-likeness (QED) is 0.864. The number of rotatable bonds is 5. The van der Waals surface area contributed by atoms with Gasteiger partial charge in [0.15, 0.2) is 0 Å². The molecule has 1 unspecified atom stereocenters. The topological polar surface area (TPSA) is 66.8 Å². The van der Waals surface area contributed by atoms with E-state index in [1.165, 1.54) is 5.56 Å². The Morgan fingerprint density at radius 1 is 1.00 bits per heavy atom. The number of likely N-dealkylation sites (tertiary alicyclic amines) is 1. The second kappa shape index (κ2) is 8.15. The Bertz CT molecular complexity index is 851. The van der Waals surface area contributed by atoms with Gasteiger partial charge >= 0.3 is 5.97 Å². The maximum atomic E-state index is 12.9. The van der Waals surface area contributed by atoms with Crippen LogP contribution in [0.4, 0.5) is 0 Å². The molecule has 2 fully saturated rings. The number of aromatic carboxylic acids is 1. The third kappa shape index (κ3) is 3.94. The summed E-state index contributed by atoms with van der Waals surface area (Å²) >= 11 is 0. The zero-order valence-corrected chi connectivity index (χ0v) is 15.8. The number of nitrogens with zero attached hydrogens (tertiary/aromatic N) is 1. The van der Waals surface area contributed by atoms with Crippen molar-refractivity contribution >= 4 is 11.9 Å². The number of carboxylic acids is 1. The fraction of sp³-hybridized carbons (Fsp3) is 0.391. The molecule has 0 bridgehead atoms. The van der Waals surface area contributed by atoms with Crippen molar-refractivity contribution in [3.05, 3.63) is 71.3 Å². The second-order valence-corrected chi connectivity index (χ2v) is 7.68. The van der Waals surface area contributed by atoms with Crippen molar-refractivity contribution in [2.45, 2.75) is 43.8 Å². The number of carbonyl (C=O) groups is 2. The van der Waals surface area contributed by atoms with Crippen LogP contribution >= 0.6 is 0 Å². The maximum absolute atomic E-state index is 12.9. The van der Waals surface area contributed by atoms with Gasteiger partial charge in [0, 0.05) is 19.0 Å². The Kier molecular flexibility index (Phi) is 5.44. The van der Waals surface area contributed by atoms with E-state index in [0.29, 0.717) is 18.7 Å². The summed E-state index contributed by atoms with van der Waals surface area (Å²) in [5.74, 6) is -0.799. The molecule has 5 heteroatoms. The van der Waals surface area contributed by atoms with Gasteiger partial charge in [-0.05, 0) is 42.9 Å². The van der Waals surface area contributed by atoms with E-state index in [9.17, 15) is 14.7 Å². The van der Waals surface area contributed by atoms with E-state index in [4.69, 9.17) is 4.74 Å². The molecule has 2 aromatic carbocycles. The lowest BCUT2D eigenvalue weighted by Gasteiger charge is -2.21. The fourth-order valence-corrected chi connectivity index (χ4v) is 4.38. The molecule has 0 aromatic heterocycles. The first-order valence-corrected chi connectivity index (χ1v) is 9.92. The van der Waals surface area contributed by atoms with Gasteiger partial charge < -0.3 is 14.7 Å². The minimum Gasteiger partial charge on any atom is -0.478 e. The zero-order valence-electron chi connectivity index (χ0n) is 15.8. The Morgan fingerprint density at radius 3 is 2.54 bits per heavy atom. The van der Waals surface area contributed by atoms with Gasteiger partial charge in [-0.2, -0.15) is 0 Å². The van der Waals surface area contributed by atoms with Crippen molar-refractivity contribution in [2.75, 3.05) is 13.1 Å². The second-order valence-electron chi connectivity index (χ2n) is 7.68. The molecule has 0 spiro atoms. The molecule has 146 valence electrons. The predicted octanol–water partition coefficient (Wildman–Crippen LogP) is 3.49. The first kappa shape index (κ1) is 18.7. The van der Waals surface area contributed by atoms with Crippen LogP contribution in [0.15, 0.2) is 54.6 Å². The number of amides is 1. The van der Waals surface area contributed by atoms with Crippen molar-refractivity contribution in [1.29, 1.82) is 0 Å². The van der Waals surface area contributed by atoms with Crippen LogP contribution < -0.4 is 0 Å². The van der Waals surface area contributed by atoms with Crippen LogP contribution in [-0.4, -0.2) is 47.2 Å². The van der Waals surface area contributed by atoms with E-state index >= 15 is 0 Å².